The summed E-state index contributed by atoms with van der Waals surface area (Å²) in [6.07, 6.45) is 4.23. The summed E-state index contributed by atoms with van der Waals surface area (Å²) in [6, 6.07) is 3.40. The number of phenols is 1. The number of ether oxygens (including phenoxy) is 1. The van der Waals surface area contributed by atoms with Crippen LogP contribution in [0.2, 0.25) is 0 Å². The minimum absolute atomic E-state index is 0.000880. The zero-order chi connectivity index (χ0) is 13.7. The van der Waals surface area contributed by atoms with Gasteiger partial charge in [0.25, 0.3) is 0 Å². The third-order valence-electron chi connectivity index (χ3n) is 3.36. The van der Waals surface area contributed by atoms with Crippen molar-refractivity contribution in [1.82, 2.24) is 0 Å². The van der Waals surface area contributed by atoms with Crippen molar-refractivity contribution in [2.75, 3.05) is 24.6 Å². The zero-order valence-electron chi connectivity index (χ0n) is 11.3. The fourth-order valence-electron chi connectivity index (χ4n) is 2.27. The highest BCUT2D eigenvalue weighted by Gasteiger charge is 2.18. The third-order valence-corrected chi connectivity index (χ3v) is 3.36. The maximum atomic E-state index is 10.8. The van der Waals surface area contributed by atoms with Crippen molar-refractivity contribution in [3.63, 3.8) is 0 Å². The lowest BCUT2D eigenvalue weighted by Crippen LogP contribution is -2.17. The monoisotopic (exact) mass is 264 g/mol. The van der Waals surface area contributed by atoms with Crippen molar-refractivity contribution in [2.45, 2.75) is 32.6 Å². The van der Waals surface area contributed by atoms with Crippen LogP contribution in [-0.4, -0.2) is 24.8 Å². The summed E-state index contributed by atoms with van der Waals surface area (Å²) in [6.45, 7) is 4.55. The minimum Gasteiger partial charge on any atom is -0.505 e. The van der Waals surface area contributed by atoms with Gasteiger partial charge in [-0.15, -0.1) is 4.91 Å². The molecule has 1 fully saturated rings. The van der Waals surface area contributed by atoms with Crippen LogP contribution in [0.3, 0.4) is 0 Å². The van der Waals surface area contributed by atoms with E-state index in [9.17, 15) is 10.0 Å². The number of hydrogen-bond donors (Lipinski definition) is 1. The molecule has 1 aliphatic heterocycles. The van der Waals surface area contributed by atoms with Crippen LogP contribution in [0.5, 0.6) is 11.5 Å². The summed E-state index contributed by atoms with van der Waals surface area (Å²) in [5, 5.41) is 12.8. The smallest absolute Gasteiger partial charge is 0.191 e. The molecule has 1 N–H and O–H groups in total. The molecule has 2 rings (SSSR count). The standard InChI is InChI=1S/C14H20N2O3/c1-2-3-8-19-13-10-11(16-6-4-5-7-16)9-12(17)14(13)15-18/h9-10,17H,2-8H2,1H3. The molecule has 104 valence electrons. The van der Waals surface area contributed by atoms with Crippen LogP contribution in [0.15, 0.2) is 17.3 Å². The fourth-order valence-corrected chi connectivity index (χ4v) is 2.27. The Morgan fingerprint density at radius 1 is 1.37 bits per heavy atom. The average molecular weight is 264 g/mol. The molecule has 0 unspecified atom stereocenters. The Morgan fingerprint density at radius 2 is 2.11 bits per heavy atom. The molecule has 0 saturated carbocycles. The van der Waals surface area contributed by atoms with Crippen molar-refractivity contribution >= 4 is 11.4 Å². The molecule has 0 spiro atoms. The number of anilines is 1. The van der Waals surface area contributed by atoms with Crippen LogP contribution in [0.25, 0.3) is 0 Å². The first-order chi connectivity index (χ1) is 9.26. The summed E-state index contributed by atoms with van der Waals surface area (Å²) < 4.78 is 5.57. The fraction of sp³-hybridized carbons (Fsp3) is 0.571. The predicted octanol–water partition coefficient (Wildman–Crippen LogP) is 3.57. The first-order valence-corrected chi connectivity index (χ1v) is 6.84. The summed E-state index contributed by atoms with van der Waals surface area (Å²) >= 11 is 0. The number of aromatic hydroxyl groups is 1. The molecule has 5 nitrogen and oxygen atoms in total. The van der Waals surface area contributed by atoms with Crippen LogP contribution >= 0.6 is 0 Å². The van der Waals surface area contributed by atoms with Crippen molar-refractivity contribution in [2.24, 2.45) is 5.18 Å². The zero-order valence-corrected chi connectivity index (χ0v) is 11.3. The quantitative estimate of drug-likeness (QED) is 0.630. The Balaban J connectivity index is 2.23. The summed E-state index contributed by atoms with van der Waals surface area (Å²) in [5.74, 6) is 0.274. The van der Waals surface area contributed by atoms with E-state index in [4.69, 9.17) is 4.74 Å². The topological polar surface area (TPSA) is 62.1 Å². The van der Waals surface area contributed by atoms with Crippen molar-refractivity contribution < 1.29 is 9.84 Å². The van der Waals surface area contributed by atoms with E-state index in [1.807, 2.05) is 0 Å². The van der Waals surface area contributed by atoms with Crippen molar-refractivity contribution in [1.29, 1.82) is 0 Å². The molecule has 0 radical (unpaired) electrons. The molecule has 1 heterocycles. The van der Waals surface area contributed by atoms with Gasteiger partial charge in [-0.25, -0.2) is 0 Å². The Bertz CT molecular complexity index is 443. The minimum atomic E-state index is -0.106. The first-order valence-electron chi connectivity index (χ1n) is 6.84. The van der Waals surface area contributed by atoms with Gasteiger partial charge in [0, 0.05) is 30.9 Å². The van der Waals surface area contributed by atoms with Gasteiger partial charge >= 0.3 is 0 Å². The highest BCUT2D eigenvalue weighted by atomic mass is 16.5. The molecule has 0 aliphatic carbocycles. The molecule has 1 aromatic carbocycles. The number of unbranched alkanes of at least 4 members (excludes halogenated alkanes) is 1. The average Bonchev–Trinajstić information content (AvgIpc) is 2.92. The largest absolute Gasteiger partial charge is 0.505 e. The van der Waals surface area contributed by atoms with E-state index >= 15 is 0 Å². The predicted molar refractivity (Wildman–Crippen MR) is 75.4 cm³/mol. The number of nitroso groups, excluding NO2 is 1. The molecule has 5 heteroatoms. The maximum Gasteiger partial charge on any atom is 0.191 e. The molecule has 1 aromatic rings. The molecule has 0 atom stereocenters. The Labute approximate surface area is 113 Å². The molecule has 19 heavy (non-hydrogen) atoms. The lowest BCUT2D eigenvalue weighted by Gasteiger charge is -2.19. The number of phenolic OH excluding ortho intramolecular Hbond substituents is 1. The van der Waals surface area contributed by atoms with Gasteiger partial charge in [-0.3, -0.25) is 0 Å². The van der Waals surface area contributed by atoms with Crippen molar-refractivity contribution in [3.8, 4) is 11.5 Å². The normalized spacial score (nSPS) is 14.7. The number of hydrogen-bond acceptors (Lipinski definition) is 5. The molecular formula is C14H20N2O3. The van der Waals surface area contributed by atoms with Crippen LogP contribution in [0, 0.1) is 4.91 Å². The molecular weight excluding hydrogens is 244 g/mol. The van der Waals surface area contributed by atoms with E-state index in [0.29, 0.717) is 12.4 Å². The van der Waals surface area contributed by atoms with E-state index in [2.05, 4.69) is 17.0 Å². The van der Waals surface area contributed by atoms with E-state index in [0.717, 1.165) is 44.5 Å². The third kappa shape index (κ3) is 3.16. The van der Waals surface area contributed by atoms with Crippen molar-refractivity contribution in [3.05, 3.63) is 17.0 Å². The van der Waals surface area contributed by atoms with Gasteiger partial charge in [0.15, 0.2) is 17.2 Å². The molecule has 0 amide bonds. The van der Waals surface area contributed by atoms with Gasteiger partial charge in [0.05, 0.1) is 6.61 Å². The molecule has 1 saturated heterocycles. The van der Waals surface area contributed by atoms with E-state index < -0.39 is 0 Å². The van der Waals surface area contributed by atoms with Gasteiger partial charge in [0.1, 0.15) is 0 Å². The number of nitrogens with zero attached hydrogens (tertiary/aromatic N) is 2. The van der Waals surface area contributed by atoms with Crippen LogP contribution in [-0.2, 0) is 0 Å². The van der Waals surface area contributed by atoms with E-state index in [1.165, 1.54) is 0 Å². The lowest BCUT2D eigenvalue weighted by atomic mass is 10.2. The lowest BCUT2D eigenvalue weighted by molar-refractivity contribution is 0.309. The highest BCUT2D eigenvalue weighted by molar-refractivity contribution is 5.69. The summed E-state index contributed by atoms with van der Waals surface area (Å²) in [5.41, 5.74) is 0.896. The second kappa shape index (κ2) is 6.41. The van der Waals surface area contributed by atoms with Crippen LogP contribution in [0.1, 0.15) is 32.6 Å². The van der Waals surface area contributed by atoms with Gasteiger partial charge in [-0.2, -0.15) is 0 Å². The maximum absolute atomic E-state index is 10.8. The van der Waals surface area contributed by atoms with Crippen LogP contribution < -0.4 is 9.64 Å². The van der Waals surface area contributed by atoms with E-state index in [1.54, 1.807) is 12.1 Å². The Kier molecular flexibility index (Phi) is 4.60. The highest BCUT2D eigenvalue weighted by Crippen LogP contribution is 2.41. The molecule has 1 aliphatic rings. The van der Waals surface area contributed by atoms with Crippen LogP contribution in [0.4, 0.5) is 11.4 Å². The van der Waals surface area contributed by atoms with Gasteiger partial charge in [0.2, 0.25) is 0 Å². The number of rotatable bonds is 6. The SMILES string of the molecule is CCCCOc1cc(N2CCCC2)cc(O)c1N=O. The summed E-state index contributed by atoms with van der Waals surface area (Å²) in [7, 11) is 0. The Morgan fingerprint density at radius 3 is 2.74 bits per heavy atom. The van der Waals surface area contributed by atoms with Gasteiger partial charge in [-0.05, 0) is 24.4 Å². The Hall–Kier alpha value is -1.78. The van der Waals surface area contributed by atoms with Gasteiger partial charge < -0.3 is 14.7 Å². The summed E-state index contributed by atoms with van der Waals surface area (Å²) in [4.78, 5) is 13.0. The molecule has 0 aromatic heterocycles. The second-order valence-electron chi connectivity index (χ2n) is 4.80. The second-order valence-corrected chi connectivity index (χ2v) is 4.80. The van der Waals surface area contributed by atoms with Gasteiger partial charge in [-0.1, -0.05) is 13.3 Å². The van der Waals surface area contributed by atoms with E-state index in [-0.39, 0.29) is 11.4 Å². The first kappa shape index (κ1) is 13.6. The number of benzene rings is 1. The molecule has 0 bridgehead atoms.